The molecule has 0 aliphatic heterocycles. The van der Waals surface area contributed by atoms with Gasteiger partial charge in [0.15, 0.2) is 0 Å². The molecule has 0 saturated heterocycles. The second-order valence-corrected chi connectivity index (χ2v) is 6.35. The number of hydrogen-bond donors (Lipinski definition) is 1. The number of nitriles is 1. The molecule has 8 heteroatoms. The van der Waals surface area contributed by atoms with Crippen LogP contribution in [-0.2, 0) is 14.8 Å². The Labute approximate surface area is 122 Å². The van der Waals surface area contributed by atoms with Gasteiger partial charge in [0.05, 0.1) is 10.5 Å². The minimum absolute atomic E-state index is 0.304. The lowest BCUT2D eigenvalue weighted by atomic mass is 10.2. The summed E-state index contributed by atoms with van der Waals surface area (Å²) in [5, 5.41) is 17.6. The van der Waals surface area contributed by atoms with Gasteiger partial charge < -0.3 is 5.11 Å². The van der Waals surface area contributed by atoms with Gasteiger partial charge in [-0.15, -0.1) is 0 Å². The lowest BCUT2D eigenvalue weighted by Gasteiger charge is -2.26. The molecule has 0 aromatic heterocycles. The molecule has 114 valence electrons. The van der Waals surface area contributed by atoms with Gasteiger partial charge in [0.25, 0.3) is 0 Å². The van der Waals surface area contributed by atoms with E-state index in [0.717, 1.165) is 22.5 Å². The molecule has 0 spiro atoms. The van der Waals surface area contributed by atoms with Crippen molar-refractivity contribution in [2.75, 3.05) is 6.54 Å². The third-order valence-electron chi connectivity index (χ3n) is 3.04. The maximum Gasteiger partial charge on any atom is 0.318 e. The molecular weight excluding hydrogens is 299 g/mol. The number of rotatable bonds is 6. The standard InChI is InChI=1S/C13H15FN2O4S/c1-3-9(2)16(8-13(17)18)21(19,20)11-4-5-12(14)10(6-11)7-15/h4-6,9H,3,8H2,1-2H3,(H,17,18). The van der Waals surface area contributed by atoms with Crippen molar-refractivity contribution in [1.82, 2.24) is 4.31 Å². The van der Waals surface area contributed by atoms with E-state index in [4.69, 9.17) is 10.4 Å². The van der Waals surface area contributed by atoms with Crippen LogP contribution in [0.15, 0.2) is 23.1 Å². The van der Waals surface area contributed by atoms with Gasteiger partial charge in [-0.05, 0) is 31.5 Å². The van der Waals surface area contributed by atoms with Gasteiger partial charge in [0.1, 0.15) is 18.4 Å². The van der Waals surface area contributed by atoms with Gasteiger partial charge >= 0.3 is 5.97 Å². The summed E-state index contributed by atoms with van der Waals surface area (Å²) in [5.74, 6) is -2.12. The van der Waals surface area contributed by atoms with E-state index < -0.39 is 40.0 Å². The molecule has 6 nitrogen and oxygen atoms in total. The zero-order valence-electron chi connectivity index (χ0n) is 11.6. The predicted octanol–water partition coefficient (Wildman–Crippen LogP) is 1.57. The highest BCUT2D eigenvalue weighted by Crippen LogP contribution is 2.21. The molecule has 0 radical (unpaired) electrons. The summed E-state index contributed by atoms with van der Waals surface area (Å²) in [7, 11) is -4.12. The predicted molar refractivity (Wildman–Crippen MR) is 72.4 cm³/mol. The molecule has 1 N–H and O–H groups in total. The van der Waals surface area contributed by atoms with Crippen LogP contribution in [-0.4, -0.2) is 36.4 Å². The lowest BCUT2D eigenvalue weighted by Crippen LogP contribution is -2.41. The van der Waals surface area contributed by atoms with E-state index in [1.807, 2.05) is 0 Å². The van der Waals surface area contributed by atoms with E-state index in [0.29, 0.717) is 6.42 Å². The van der Waals surface area contributed by atoms with Crippen molar-refractivity contribution in [2.24, 2.45) is 0 Å². The van der Waals surface area contributed by atoms with E-state index in [1.54, 1.807) is 19.9 Å². The van der Waals surface area contributed by atoms with Gasteiger partial charge in [-0.1, -0.05) is 6.92 Å². The summed E-state index contributed by atoms with van der Waals surface area (Å²) in [6, 6.07) is 3.81. The molecule has 1 aromatic carbocycles. The molecule has 21 heavy (non-hydrogen) atoms. The minimum atomic E-state index is -4.12. The number of benzene rings is 1. The first-order valence-electron chi connectivity index (χ1n) is 6.17. The van der Waals surface area contributed by atoms with Crippen molar-refractivity contribution in [3.8, 4) is 6.07 Å². The minimum Gasteiger partial charge on any atom is -0.480 e. The van der Waals surface area contributed by atoms with Crippen LogP contribution >= 0.6 is 0 Å². The maximum atomic E-state index is 13.3. The molecule has 1 rings (SSSR count). The van der Waals surface area contributed by atoms with E-state index in [2.05, 4.69) is 0 Å². The largest absolute Gasteiger partial charge is 0.480 e. The molecule has 0 aliphatic carbocycles. The van der Waals surface area contributed by atoms with Gasteiger partial charge in [-0.25, -0.2) is 12.8 Å². The van der Waals surface area contributed by atoms with Crippen LogP contribution in [0.3, 0.4) is 0 Å². The Morgan fingerprint density at radius 3 is 2.62 bits per heavy atom. The number of carboxylic acid groups (broad SMARTS) is 1. The number of carboxylic acids is 1. The normalized spacial score (nSPS) is 12.9. The van der Waals surface area contributed by atoms with Crippen molar-refractivity contribution in [3.05, 3.63) is 29.6 Å². The Hall–Kier alpha value is -1.98. The number of hydrogen-bond acceptors (Lipinski definition) is 4. The highest BCUT2D eigenvalue weighted by Gasteiger charge is 2.30. The molecule has 1 atom stereocenters. The van der Waals surface area contributed by atoms with E-state index in [9.17, 15) is 17.6 Å². The fourth-order valence-electron chi connectivity index (χ4n) is 1.70. The summed E-state index contributed by atoms with van der Waals surface area (Å²) in [6.45, 7) is 2.60. The summed E-state index contributed by atoms with van der Waals surface area (Å²) in [5.41, 5.74) is -0.407. The van der Waals surface area contributed by atoms with Gasteiger partial charge in [0, 0.05) is 6.04 Å². The summed E-state index contributed by atoms with van der Waals surface area (Å²) in [4.78, 5) is 10.6. The number of sulfonamides is 1. The summed E-state index contributed by atoms with van der Waals surface area (Å²) < 4.78 is 39.0. The third-order valence-corrected chi connectivity index (χ3v) is 4.99. The second kappa shape index (κ2) is 6.65. The Kier molecular flexibility index (Phi) is 5.41. The third kappa shape index (κ3) is 3.77. The fourth-order valence-corrected chi connectivity index (χ4v) is 3.38. The van der Waals surface area contributed by atoms with Crippen LogP contribution in [0.5, 0.6) is 0 Å². The van der Waals surface area contributed by atoms with Crippen LogP contribution in [0.2, 0.25) is 0 Å². The molecule has 0 heterocycles. The van der Waals surface area contributed by atoms with Crippen molar-refractivity contribution < 1.29 is 22.7 Å². The van der Waals surface area contributed by atoms with Gasteiger partial charge in [-0.2, -0.15) is 9.57 Å². The molecule has 1 unspecified atom stereocenters. The zero-order chi connectivity index (χ0) is 16.2. The lowest BCUT2D eigenvalue weighted by molar-refractivity contribution is -0.137. The Bertz CT molecular complexity index is 682. The van der Waals surface area contributed by atoms with Crippen molar-refractivity contribution in [2.45, 2.75) is 31.2 Å². The molecular formula is C13H15FN2O4S. The Morgan fingerprint density at radius 1 is 1.52 bits per heavy atom. The van der Waals surface area contributed by atoms with E-state index in [-0.39, 0.29) is 4.90 Å². The number of carbonyl (C=O) groups is 1. The number of halogens is 1. The first kappa shape index (κ1) is 17.1. The van der Waals surface area contributed by atoms with E-state index >= 15 is 0 Å². The quantitative estimate of drug-likeness (QED) is 0.859. The maximum absolute atomic E-state index is 13.3. The van der Waals surface area contributed by atoms with Crippen LogP contribution in [0.4, 0.5) is 4.39 Å². The number of nitrogens with zero attached hydrogens (tertiary/aromatic N) is 2. The highest BCUT2D eigenvalue weighted by molar-refractivity contribution is 7.89. The zero-order valence-corrected chi connectivity index (χ0v) is 12.4. The molecule has 0 bridgehead atoms. The van der Waals surface area contributed by atoms with Crippen molar-refractivity contribution >= 4 is 16.0 Å². The Morgan fingerprint density at radius 2 is 2.14 bits per heavy atom. The second-order valence-electron chi connectivity index (χ2n) is 4.45. The van der Waals surface area contributed by atoms with Crippen LogP contribution in [0.25, 0.3) is 0 Å². The van der Waals surface area contributed by atoms with Gasteiger partial charge in [-0.3, -0.25) is 4.79 Å². The topological polar surface area (TPSA) is 98.5 Å². The molecule has 0 aliphatic rings. The van der Waals surface area contributed by atoms with Crippen LogP contribution in [0.1, 0.15) is 25.8 Å². The van der Waals surface area contributed by atoms with Gasteiger partial charge in [0.2, 0.25) is 10.0 Å². The average molecular weight is 314 g/mol. The number of aliphatic carboxylic acids is 1. The van der Waals surface area contributed by atoms with Crippen molar-refractivity contribution in [3.63, 3.8) is 0 Å². The fraction of sp³-hybridized carbons (Fsp3) is 0.385. The molecule has 0 fully saturated rings. The molecule has 0 saturated carbocycles. The monoisotopic (exact) mass is 314 g/mol. The van der Waals surface area contributed by atoms with Crippen LogP contribution < -0.4 is 0 Å². The van der Waals surface area contributed by atoms with E-state index in [1.165, 1.54) is 0 Å². The summed E-state index contributed by atoms with van der Waals surface area (Å²) >= 11 is 0. The Balaban J connectivity index is 3.35. The first-order valence-corrected chi connectivity index (χ1v) is 7.61. The first-order chi connectivity index (χ1) is 9.73. The van der Waals surface area contributed by atoms with Crippen LogP contribution in [0, 0.1) is 17.1 Å². The smallest absolute Gasteiger partial charge is 0.318 e. The molecule has 1 aromatic rings. The SMILES string of the molecule is CCC(C)N(CC(=O)O)S(=O)(=O)c1ccc(F)c(C#N)c1. The summed E-state index contributed by atoms with van der Waals surface area (Å²) in [6.07, 6.45) is 0.415. The average Bonchev–Trinajstić information content (AvgIpc) is 2.43. The molecule has 0 amide bonds. The van der Waals surface area contributed by atoms with Crippen molar-refractivity contribution in [1.29, 1.82) is 5.26 Å². The highest BCUT2D eigenvalue weighted by atomic mass is 32.2.